The Morgan fingerprint density at radius 2 is 1.57 bits per heavy atom. The van der Waals surface area contributed by atoms with E-state index in [2.05, 4.69) is 32.9 Å². The molecule has 1 aromatic rings. The van der Waals surface area contributed by atoms with Gasteiger partial charge in [0.15, 0.2) is 0 Å². The Morgan fingerprint density at radius 3 is 2.14 bits per heavy atom. The van der Waals surface area contributed by atoms with E-state index in [1.54, 1.807) is 0 Å². The predicted molar refractivity (Wildman–Crippen MR) is 60.6 cm³/mol. The minimum Gasteiger partial charge on any atom is -0.377 e. The zero-order valence-corrected chi connectivity index (χ0v) is 9.68. The number of benzene rings is 1. The molecule has 0 fully saturated rings. The van der Waals surface area contributed by atoms with Gasteiger partial charge < -0.3 is 4.74 Å². The molecule has 0 amide bonds. The molecule has 0 atom stereocenters. The van der Waals surface area contributed by atoms with E-state index in [0.717, 1.165) is 19.6 Å². The second-order valence-corrected chi connectivity index (χ2v) is 3.70. The highest BCUT2D eigenvalue weighted by molar-refractivity contribution is 5.36. The quantitative estimate of drug-likeness (QED) is 0.710. The lowest BCUT2D eigenvalue weighted by atomic mass is 9.99. The van der Waals surface area contributed by atoms with E-state index in [4.69, 9.17) is 4.74 Å². The Morgan fingerprint density at radius 1 is 1.00 bits per heavy atom. The van der Waals surface area contributed by atoms with E-state index in [1.807, 2.05) is 6.92 Å². The summed E-state index contributed by atoms with van der Waals surface area (Å²) in [5.41, 5.74) is 5.50. The maximum Gasteiger partial charge on any atom is 0.0719 e. The van der Waals surface area contributed by atoms with Gasteiger partial charge in [0.25, 0.3) is 0 Å². The van der Waals surface area contributed by atoms with Gasteiger partial charge in [0, 0.05) is 6.61 Å². The number of hydrogen-bond donors (Lipinski definition) is 0. The van der Waals surface area contributed by atoms with Crippen molar-refractivity contribution in [2.75, 3.05) is 6.61 Å². The van der Waals surface area contributed by atoms with Gasteiger partial charge in [-0.15, -0.1) is 0 Å². The van der Waals surface area contributed by atoms with Crippen LogP contribution in [0.2, 0.25) is 0 Å². The normalized spacial score (nSPS) is 10.6. The lowest BCUT2D eigenvalue weighted by molar-refractivity contribution is 0.133. The minimum absolute atomic E-state index is 0.743. The summed E-state index contributed by atoms with van der Waals surface area (Å²) < 4.78 is 5.43. The first-order valence-corrected chi connectivity index (χ1v) is 5.35. The number of hydrogen-bond acceptors (Lipinski definition) is 1. The molecular formula is C13H20O. The van der Waals surface area contributed by atoms with Gasteiger partial charge >= 0.3 is 0 Å². The number of rotatable bonds is 4. The van der Waals surface area contributed by atoms with Crippen LogP contribution < -0.4 is 0 Å². The molecule has 0 aromatic heterocycles. The van der Waals surface area contributed by atoms with Crippen LogP contribution in [0.5, 0.6) is 0 Å². The van der Waals surface area contributed by atoms with Gasteiger partial charge in [-0.3, -0.25) is 0 Å². The van der Waals surface area contributed by atoms with Crippen LogP contribution >= 0.6 is 0 Å². The number of aryl methyl sites for hydroxylation is 3. The molecule has 0 spiro atoms. The molecule has 0 saturated carbocycles. The van der Waals surface area contributed by atoms with Crippen LogP contribution in [0, 0.1) is 13.8 Å². The van der Waals surface area contributed by atoms with Crippen LogP contribution in [0.3, 0.4) is 0 Å². The average Bonchev–Trinajstić information content (AvgIpc) is 2.18. The van der Waals surface area contributed by atoms with Crippen LogP contribution in [0.4, 0.5) is 0 Å². The van der Waals surface area contributed by atoms with Crippen molar-refractivity contribution in [3.05, 3.63) is 34.4 Å². The summed E-state index contributed by atoms with van der Waals surface area (Å²) in [5, 5.41) is 0. The Balaban J connectivity index is 2.90. The zero-order chi connectivity index (χ0) is 10.6. The molecule has 1 aromatic carbocycles. The van der Waals surface area contributed by atoms with E-state index in [9.17, 15) is 0 Å². The van der Waals surface area contributed by atoms with Gasteiger partial charge in [-0.1, -0.05) is 19.1 Å². The highest BCUT2D eigenvalue weighted by atomic mass is 16.5. The molecule has 1 heteroatoms. The number of ether oxygens (including phenoxy) is 1. The first kappa shape index (κ1) is 11.3. The zero-order valence-electron chi connectivity index (χ0n) is 9.68. The van der Waals surface area contributed by atoms with Gasteiger partial charge in [-0.05, 0) is 49.4 Å². The van der Waals surface area contributed by atoms with Crippen molar-refractivity contribution in [3.63, 3.8) is 0 Å². The van der Waals surface area contributed by atoms with Crippen molar-refractivity contribution >= 4 is 0 Å². The molecule has 78 valence electrons. The molecule has 0 aliphatic rings. The van der Waals surface area contributed by atoms with Crippen LogP contribution in [0.15, 0.2) is 12.1 Å². The third kappa shape index (κ3) is 2.58. The van der Waals surface area contributed by atoms with E-state index in [1.165, 1.54) is 22.3 Å². The smallest absolute Gasteiger partial charge is 0.0719 e. The first-order valence-electron chi connectivity index (χ1n) is 5.35. The summed E-state index contributed by atoms with van der Waals surface area (Å²) in [6.45, 7) is 10.1. The monoisotopic (exact) mass is 192 g/mol. The van der Waals surface area contributed by atoms with Gasteiger partial charge in [0.05, 0.1) is 6.61 Å². The minimum atomic E-state index is 0.743. The fraction of sp³-hybridized carbons (Fsp3) is 0.538. The lowest BCUT2D eigenvalue weighted by Gasteiger charge is -2.10. The van der Waals surface area contributed by atoms with Crippen molar-refractivity contribution in [2.45, 2.75) is 40.7 Å². The van der Waals surface area contributed by atoms with Crippen molar-refractivity contribution in [2.24, 2.45) is 0 Å². The topological polar surface area (TPSA) is 9.23 Å². The molecule has 14 heavy (non-hydrogen) atoms. The van der Waals surface area contributed by atoms with Crippen LogP contribution in [-0.4, -0.2) is 6.61 Å². The molecule has 0 aliphatic heterocycles. The molecule has 0 N–H and O–H groups in total. The fourth-order valence-electron chi connectivity index (χ4n) is 1.68. The summed E-state index contributed by atoms with van der Waals surface area (Å²) in [4.78, 5) is 0. The second-order valence-electron chi connectivity index (χ2n) is 3.70. The SMILES string of the molecule is CCOCc1cc(C)c(CC)cc1C. The van der Waals surface area contributed by atoms with E-state index in [0.29, 0.717) is 0 Å². The summed E-state index contributed by atoms with van der Waals surface area (Å²) in [5.74, 6) is 0. The molecule has 0 aliphatic carbocycles. The van der Waals surface area contributed by atoms with Crippen LogP contribution in [-0.2, 0) is 17.8 Å². The van der Waals surface area contributed by atoms with Crippen molar-refractivity contribution in [1.82, 2.24) is 0 Å². The summed E-state index contributed by atoms with van der Waals surface area (Å²) in [7, 11) is 0. The van der Waals surface area contributed by atoms with E-state index >= 15 is 0 Å². The second kappa shape index (κ2) is 5.16. The largest absolute Gasteiger partial charge is 0.377 e. The van der Waals surface area contributed by atoms with Crippen molar-refractivity contribution in [3.8, 4) is 0 Å². The summed E-state index contributed by atoms with van der Waals surface area (Å²) in [6.07, 6.45) is 1.11. The molecule has 0 radical (unpaired) electrons. The van der Waals surface area contributed by atoms with Gasteiger partial charge in [0.2, 0.25) is 0 Å². The Bertz CT molecular complexity index is 302. The molecule has 1 rings (SSSR count). The summed E-state index contributed by atoms with van der Waals surface area (Å²) in [6, 6.07) is 4.54. The molecule has 0 unspecified atom stereocenters. The van der Waals surface area contributed by atoms with Gasteiger partial charge in [0.1, 0.15) is 0 Å². The van der Waals surface area contributed by atoms with Gasteiger partial charge in [-0.2, -0.15) is 0 Å². The third-order valence-corrected chi connectivity index (χ3v) is 2.64. The highest BCUT2D eigenvalue weighted by Crippen LogP contribution is 2.17. The lowest BCUT2D eigenvalue weighted by Crippen LogP contribution is -1.98. The molecule has 0 bridgehead atoms. The highest BCUT2D eigenvalue weighted by Gasteiger charge is 2.02. The Kier molecular flexibility index (Phi) is 4.15. The molecule has 0 saturated heterocycles. The van der Waals surface area contributed by atoms with Crippen molar-refractivity contribution < 1.29 is 4.74 Å². The standard InChI is InChI=1S/C13H20O/c1-5-12-7-11(4)13(8-10(12)3)9-14-6-2/h7-8H,5-6,9H2,1-4H3. The Hall–Kier alpha value is -0.820. The van der Waals surface area contributed by atoms with E-state index < -0.39 is 0 Å². The van der Waals surface area contributed by atoms with Crippen molar-refractivity contribution in [1.29, 1.82) is 0 Å². The van der Waals surface area contributed by atoms with Crippen LogP contribution in [0.1, 0.15) is 36.1 Å². The first-order chi connectivity index (χ1) is 6.69. The molecule has 0 heterocycles. The maximum absolute atomic E-state index is 5.43. The van der Waals surface area contributed by atoms with E-state index in [-0.39, 0.29) is 0 Å². The molecular weight excluding hydrogens is 172 g/mol. The third-order valence-electron chi connectivity index (χ3n) is 2.64. The summed E-state index contributed by atoms with van der Waals surface area (Å²) >= 11 is 0. The maximum atomic E-state index is 5.43. The molecule has 1 nitrogen and oxygen atoms in total. The van der Waals surface area contributed by atoms with Gasteiger partial charge in [-0.25, -0.2) is 0 Å². The predicted octanol–water partition coefficient (Wildman–Crippen LogP) is 3.40. The Labute approximate surface area is 87.1 Å². The average molecular weight is 192 g/mol. The van der Waals surface area contributed by atoms with Crippen LogP contribution in [0.25, 0.3) is 0 Å². The fourth-order valence-corrected chi connectivity index (χ4v) is 1.68.